The number of aromatic carboxylic acids is 2. The van der Waals surface area contributed by atoms with Crippen molar-refractivity contribution in [1.82, 2.24) is 29.9 Å². The molecule has 33 heteroatoms. The topological polar surface area (TPSA) is 395 Å². The Morgan fingerprint density at radius 1 is 0.613 bits per heavy atom. The number of rotatable bonds is 18. The molecule has 29 nitrogen and oxygen atoms in total. The molecular weight excluding hydrogens is 1140 g/mol. The highest BCUT2D eigenvalue weighted by atomic mass is 35.5. The van der Waals surface area contributed by atoms with Crippen molar-refractivity contribution in [3.8, 4) is 34.5 Å². The number of aromatic nitrogens is 6. The minimum absolute atomic E-state index is 0.0223. The van der Waals surface area contributed by atoms with Crippen LogP contribution in [0.25, 0.3) is 0 Å². The van der Waals surface area contributed by atoms with Gasteiger partial charge in [-0.2, -0.15) is 46.7 Å². The molecule has 0 spiro atoms. The standard InChI is InChI=1S/C47H40Cl2N14O15S2/c1-4-13-50-42-57-43(51-20-5-11-28(74-2)22(18-20)40(64)65)59-45(58-42)55-26-9-7-24-34(38(26)79(68,69)70)77-36-30(48)33-37(31(49)32(36)53-24)78-35-25(54-33)8-10-27(39(35)80(71,72)73)56-46-60-44(61-47(62-46)63-14-16-76-17-15-63)52-21-6-12-29(75-3)23(19-21)41(66)67/h5-12,18-19H,4,13-17H2,1-3H3,(H,64,65)(H,66,67)(H,68,69,70)(H,71,72,73)(H2,52,56,60,61,62)(H3,50,51,55,57,58,59). The van der Waals surface area contributed by atoms with Gasteiger partial charge in [-0.25, -0.2) is 19.6 Å². The Labute approximate surface area is 461 Å². The SMILES string of the molecule is CCCNc1nc(Nc2ccc(OC)c(C(=O)O)c2)nc(Nc2ccc3c(c2S(=O)(=O)O)Oc2c(Cl)c4c(c(Cl)c2=N3)Oc2c(ccc(Nc3nc(Nc5ccc(OC)c(C(=O)O)c5)nc(N5CCOCC5)n3)c2S(=O)(=O)O)N=4)n1. The molecule has 0 amide bonds. The average molecular weight is 1180 g/mol. The number of carboxylic acids is 2. The van der Waals surface area contributed by atoms with E-state index in [4.69, 9.17) is 46.9 Å². The van der Waals surface area contributed by atoms with E-state index in [1.165, 1.54) is 74.9 Å². The molecule has 5 heterocycles. The molecule has 9 N–H and O–H groups in total. The normalized spacial score (nSPS) is 13.3. The van der Waals surface area contributed by atoms with Gasteiger partial charge >= 0.3 is 11.9 Å². The summed E-state index contributed by atoms with van der Waals surface area (Å²) in [6.45, 7) is 3.68. The maximum Gasteiger partial charge on any atom is 0.339 e. The van der Waals surface area contributed by atoms with Crippen molar-refractivity contribution in [2.24, 2.45) is 9.98 Å². The molecule has 10 rings (SSSR count). The van der Waals surface area contributed by atoms with Gasteiger partial charge in [0.1, 0.15) is 54.8 Å². The number of fused-ring (bicyclic) bond motifs is 4. The summed E-state index contributed by atoms with van der Waals surface area (Å²) in [4.78, 5) is 59.5. The highest BCUT2D eigenvalue weighted by Gasteiger charge is 2.35. The number of carbonyl (C=O) groups is 2. The van der Waals surface area contributed by atoms with E-state index in [2.05, 4.69) is 66.5 Å². The Kier molecular flexibility index (Phi) is 14.7. The van der Waals surface area contributed by atoms with Crippen molar-refractivity contribution < 1.29 is 69.4 Å². The van der Waals surface area contributed by atoms with Crippen molar-refractivity contribution in [2.45, 2.75) is 23.1 Å². The minimum Gasteiger partial charge on any atom is -0.496 e. The second kappa shape index (κ2) is 21.7. The number of hydrogen-bond acceptors (Lipinski definition) is 25. The average Bonchev–Trinajstić information content (AvgIpc) is 3.42. The fourth-order valence-corrected chi connectivity index (χ4v) is 10.3. The predicted octanol–water partition coefficient (Wildman–Crippen LogP) is 7.02. The van der Waals surface area contributed by atoms with Gasteiger partial charge in [0.15, 0.2) is 32.8 Å². The van der Waals surface area contributed by atoms with Crippen molar-refractivity contribution in [3.63, 3.8) is 0 Å². The van der Waals surface area contributed by atoms with Crippen LogP contribution < -0.4 is 61.1 Å². The zero-order valence-electron chi connectivity index (χ0n) is 41.4. The first-order valence-electron chi connectivity index (χ1n) is 23.3. The number of methoxy groups -OCH3 is 2. The van der Waals surface area contributed by atoms with Crippen LogP contribution in [0.2, 0.25) is 10.0 Å². The number of ether oxygens (including phenoxy) is 5. The third-order valence-electron chi connectivity index (χ3n) is 11.8. The second-order valence-electron chi connectivity index (χ2n) is 17.0. The Balaban J connectivity index is 1.00. The van der Waals surface area contributed by atoms with Gasteiger partial charge in [-0.05, 0) is 67.1 Å². The molecule has 0 saturated carbocycles. The summed E-state index contributed by atoms with van der Waals surface area (Å²) >= 11 is 13.9. The number of anilines is 10. The van der Waals surface area contributed by atoms with Crippen molar-refractivity contribution in [2.75, 3.05) is 78.6 Å². The largest absolute Gasteiger partial charge is 0.496 e. The fraction of sp³-hybridized carbons (Fsp3) is 0.191. The lowest BCUT2D eigenvalue weighted by Crippen LogP contribution is -2.37. The number of carboxylic acid groups (broad SMARTS) is 2. The smallest absolute Gasteiger partial charge is 0.339 e. The molecule has 0 unspecified atom stereocenters. The van der Waals surface area contributed by atoms with Gasteiger partial charge in [-0.1, -0.05) is 30.1 Å². The molecule has 3 aliphatic heterocycles. The first kappa shape index (κ1) is 54.4. The maximum absolute atomic E-state index is 13.4. The quantitative estimate of drug-likeness (QED) is 0.0390. The van der Waals surface area contributed by atoms with Crippen LogP contribution >= 0.6 is 23.2 Å². The molecule has 1 fully saturated rings. The number of nitrogens with one attached hydrogen (secondary N) is 5. The highest BCUT2D eigenvalue weighted by Crippen LogP contribution is 2.49. The Morgan fingerprint density at radius 3 is 1.46 bits per heavy atom. The van der Waals surface area contributed by atoms with Crippen molar-refractivity contribution in [1.29, 1.82) is 0 Å². The van der Waals surface area contributed by atoms with Gasteiger partial charge in [0, 0.05) is 31.0 Å². The Bertz CT molecular complexity index is 4100. The van der Waals surface area contributed by atoms with Gasteiger partial charge in [0.25, 0.3) is 20.2 Å². The van der Waals surface area contributed by atoms with Crippen LogP contribution in [0.15, 0.2) is 80.4 Å². The number of nitrogens with zero attached hydrogens (tertiary/aromatic N) is 9. The monoisotopic (exact) mass is 1170 g/mol. The van der Waals surface area contributed by atoms with Crippen molar-refractivity contribution >= 4 is 125 Å². The van der Waals surface area contributed by atoms with Crippen LogP contribution in [0.4, 0.5) is 69.8 Å². The van der Waals surface area contributed by atoms with Crippen LogP contribution in [0.1, 0.15) is 34.1 Å². The van der Waals surface area contributed by atoms with E-state index in [9.17, 15) is 45.7 Å². The Morgan fingerprint density at radius 2 is 1.04 bits per heavy atom. The molecule has 1 saturated heterocycles. The van der Waals surface area contributed by atoms with E-state index in [0.717, 1.165) is 0 Å². The number of benzene rings is 5. The van der Waals surface area contributed by atoms with Crippen LogP contribution in [-0.2, 0) is 25.0 Å². The number of morpholine rings is 1. The summed E-state index contributed by atoms with van der Waals surface area (Å²) in [5.74, 6) is -4.72. The zero-order chi connectivity index (χ0) is 56.8. The fourth-order valence-electron chi connectivity index (χ4n) is 8.23. The Hall–Kier alpha value is -8.98. The van der Waals surface area contributed by atoms with Crippen molar-refractivity contribution in [3.05, 3.63) is 92.6 Å². The maximum atomic E-state index is 13.4. The summed E-state index contributed by atoms with van der Waals surface area (Å²) in [5, 5.41) is 32.7. The third-order valence-corrected chi connectivity index (χ3v) is 14.3. The highest BCUT2D eigenvalue weighted by molar-refractivity contribution is 7.86. The van der Waals surface area contributed by atoms with E-state index >= 15 is 0 Å². The summed E-state index contributed by atoms with van der Waals surface area (Å²) in [5.41, 5.74) is -0.891. The lowest BCUT2D eigenvalue weighted by molar-refractivity contribution is 0.0682. The molecule has 0 bridgehead atoms. The van der Waals surface area contributed by atoms with Crippen LogP contribution in [0.3, 0.4) is 0 Å². The van der Waals surface area contributed by atoms with E-state index in [0.29, 0.717) is 39.3 Å². The molecule has 7 aromatic rings. The molecular formula is C47H40Cl2N14O15S2. The first-order valence-corrected chi connectivity index (χ1v) is 27.0. The van der Waals surface area contributed by atoms with E-state index in [1.54, 1.807) is 4.90 Å². The molecule has 2 aromatic heterocycles. The first-order chi connectivity index (χ1) is 38.2. The van der Waals surface area contributed by atoms with Crippen LogP contribution in [0.5, 0.6) is 34.5 Å². The molecule has 414 valence electrons. The number of hydrogen-bond donors (Lipinski definition) is 9. The summed E-state index contributed by atoms with van der Waals surface area (Å²) in [6.07, 6.45) is 0.651. The van der Waals surface area contributed by atoms with E-state index in [-0.39, 0.29) is 125 Å². The zero-order valence-corrected chi connectivity index (χ0v) is 44.5. The summed E-state index contributed by atoms with van der Waals surface area (Å²) in [7, 11) is -7.84. The van der Waals surface area contributed by atoms with E-state index in [1.807, 2.05) is 6.92 Å². The van der Waals surface area contributed by atoms with Crippen LogP contribution in [-0.4, -0.2) is 125 Å². The third kappa shape index (κ3) is 10.9. The van der Waals surface area contributed by atoms with Crippen LogP contribution in [0, 0.1) is 0 Å². The summed E-state index contributed by atoms with van der Waals surface area (Å²) in [6, 6.07) is 13.5. The molecule has 0 atom stereocenters. The minimum atomic E-state index is -5.25. The molecule has 0 aliphatic carbocycles. The summed E-state index contributed by atoms with van der Waals surface area (Å²) < 4.78 is 103. The van der Waals surface area contributed by atoms with Gasteiger partial charge in [0.05, 0.1) is 38.8 Å². The predicted molar refractivity (Wildman–Crippen MR) is 285 cm³/mol. The molecule has 0 radical (unpaired) electrons. The van der Waals surface area contributed by atoms with Gasteiger partial charge in [-0.3, -0.25) is 9.11 Å². The van der Waals surface area contributed by atoms with E-state index < -0.39 is 53.5 Å². The molecule has 80 heavy (non-hydrogen) atoms. The molecule has 5 aromatic carbocycles. The lowest BCUT2D eigenvalue weighted by Gasteiger charge is -2.27. The van der Waals surface area contributed by atoms with Gasteiger partial charge in [-0.15, -0.1) is 0 Å². The second-order valence-corrected chi connectivity index (χ2v) is 20.5. The van der Waals surface area contributed by atoms with Gasteiger partial charge < -0.3 is 65.4 Å². The molecule has 3 aliphatic rings. The number of halogens is 2. The van der Waals surface area contributed by atoms with Gasteiger partial charge in [0.2, 0.25) is 35.7 Å². The lowest BCUT2D eigenvalue weighted by atomic mass is 10.2.